The molecule has 1 heterocycles. The van der Waals surface area contributed by atoms with Crippen LogP contribution in [0.1, 0.15) is 13.3 Å². The molecule has 0 bridgehead atoms. The van der Waals surface area contributed by atoms with Crippen molar-refractivity contribution in [3.05, 3.63) is 45.7 Å². The molecule has 0 spiro atoms. The van der Waals surface area contributed by atoms with E-state index in [1.807, 2.05) is 31.2 Å². The zero-order valence-electron chi connectivity index (χ0n) is 9.03. The number of nitrogens with one attached hydrogen (secondary N) is 1. The number of hydrogen-bond acceptors (Lipinski definition) is 1. The van der Waals surface area contributed by atoms with Gasteiger partial charge in [-0.25, -0.2) is 0 Å². The van der Waals surface area contributed by atoms with E-state index in [1.54, 1.807) is 10.7 Å². The minimum absolute atomic E-state index is 0.00630. The Morgan fingerprint density at radius 3 is 2.62 bits per heavy atom. The molecule has 4 heteroatoms. The molecule has 0 radical (unpaired) electrons. The summed E-state index contributed by atoms with van der Waals surface area (Å²) in [6.07, 6.45) is 0.931. The number of aromatic amines is 1. The Kier molecular flexibility index (Phi) is 3.15. The van der Waals surface area contributed by atoms with Crippen LogP contribution in [0.3, 0.4) is 0 Å². The van der Waals surface area contributed by atoms with Crippen LogP contribution in [-0.2, 0) is 6.54 Å². The van der Waals surface area contributed by atoms with Gasteiger partial charge in [0.15, 0.2) is 0 Å². The summed E-state index contributed by atoms with van der Waals surface area (Å²) in [7, 11) is 0. The maximum atomic E-state index is 11.6. The largest absolute Gasteiger partial charge is 0.295 e. The van der Waals surface area contributed by atoms with Crippen molar-refractivity contribution < 1.29 is 0 Å². The first kappa shape index (κ1) is 11.0. The lowest BCUT2D eigenvalue weighted by Crippen LogP contribution is -2.15. The van der Waals surface area contributed by atoms with E-state index in [0.717, 1.165) is 17.7 Å². The average Bonchev–Trinajstić information content (AvgIpc) is 2.62. The van der Waals surface area contributed by atoms with Crippen LogP contribution >= 0.6 is 11.6 Å². The van der Waals surface area contributed by atoms with Gasteiger partial charge in [-0.1, -0.05) is 30.7 Å². The summed E-state index contributed by atoms with van der Waals surface area (Å²) in [5.41, 5.74) is 1.80. The summed E-state index contributed by atoms with van der Waals surface area (Å²) in [4.78, 5) is 11.6. The summed E-state index contributed by atoms with van der Waals surface area (Å²) in [6.45, 7) is 2.75. The van der Waals surface area contributed by atoms with Crippen LogP contribution in [0, 0.1) is 0 Å². The van der Waals surface area contributed by atoms with Crippen molar-refractivity contribution in [2.24, 2.45) is 0 Å². The van der Waals surface area contributed by atoms with Crippen LogP contribution in [0.4, 0.5) is 0 Å². The molecule has 2 aromatic rings. The van der Waals surface area contributed by atoms with E-state index in [4.69, 9.17) is 11.6 Å². The Balaban J connectivity index is 2.37. The normalized spacial score (nSPS) is 10.6. The molecule has 2 rings (SSSR count). The third-order valence-corrected chi connectivity index (χ3v) is 2.64. The molecule has 84 valence electrons. The minimum Gasteiger partial charge on any atom is -0.295 e. The molecule has 0 aliphatic heterocycles. The van der Waals surface area contributed by atoms with Crippen molar-refractivity contribution >= 4 is 11.6 Å². The van der Waals surface area contributed by atoms with E-state index in [2.05, 4.69) is 5.10 Å². The van der Waals surface area contributed by atoms with Crippen LogP contribution in [0.15, 0.2) is 35.1 Å². The van der Waals surface area contributed by atoms with Crippen LogP contribution < -0.4 is 5.56 Å². The molecule has 1 aromatic heterocycles. The van der Waals surface area contributed by atoms with Crippen LogP contribution in [0.25, 0.3) is 11.3 Å². The molecule has 0 amide bonds. The van der Waals surface area contributed by atoms with Gasteiger partial charge in [-0.15, -0.1) is 0 Å². The van der Waals surface area contributed by atoms with Crippen LogP contribution in [0.2, 0.25) is 5.02 Å². The lowest BCUT2D eigenvalue weighted by molar-refractivity contribution is 0.587. The Bertz CT molecular complexity index is 525. The van der Waals surface area contributed by atoms with Crippen LogP contribution in [0.5, 0.6) is 0 Å². The van der Waals surface area contributed by atoms with E-state index in [0.29, 0.717) is 11.6 Å². The molecule has 1 N–H and O–H groups in total. The highest BCUT2D eigenvalue weighted by Gasteiger charge is 2.04. The van der Waals surface area contributed by atoms with Crippen LogP contribution in [-0.4, -0.2) is 9.78 Å². The summed E-state index contributed by atoms with van der Waals surface area (Å²) in [6, 6.07) is 9.02. The van der Waals surface area contributed by atoms with Gasteiger partial charge in [0, 0.05) is 17.6 Å². The van der Waals surface area contributed by atoms with Crippen molar-refractivity contribution in [3.63, 3.8) is 0 Å². The monoisotopic (exact) mass is 236 g/mol. The fourth-order valence-corrected chi connectivity index (χ4v) is 1.73. The van der Waals surface area contributed by atoms with Gasteiger partial charge in [-0.05, 0) is 24.1 Å². The van der Waals surface area contributed by atoms with E-state index in [1.165, 1.54) is 0 Å². The maximum absolute atomic E-state index is 11.6. The molecule has 0 saturated heterocycles. The molecule has 0 fully saturated rings. The second-order valence-electron chi connectivity index (χ2n) is 3.67. The molecule has 3 nitrogen and oxygen atoms in total. The number of aromatic nitrogens is 2. The van der Waals surface area contributed by atoms with Crippen molar-refractivity contribution in [1.29, 1.82) is 0 Å². The quantitative estimate of drug-likeness (QED) is 0.874. The molecule has 1 aromatic carbocycles. The summed E-state index contributed by atoms with van der Waals surface area (Å²) in [5, 5.41) is 3.77. The number of rotatable bonds is 3. The van der Waals surface area contributed by atoms with Gasteiger partial charge < -0.3 is 0 Å². The predicted octanol–water partition coefficient (Wildman–Crippen LogP) is 2.91. The van der Waals surface area contributed by atoms with Crippen molar-refractivity contribution in [1.82, 2.24) is 9.78 Å². The Morgan fingerprint density at radius 1 is 1.31 bits per heavy atom. The van der Waals surface area contributed by atoms with Crippen molar-refractivity contribution in [2.75, 3.05) is 0 Å². The minimum atomic E-state index is 0.00630. The van der Waals surface area contributed by atoms with E-state index >= 15 is 0 Å². The second-order valence-corrected chi connectivity index (χ2v) is 4.10. The average molecular weight is 237 g/mol. The fraction of sp³-hybridized carbons (Fsp3) is 0.250. The van der Waals surface area contributed by atoms with E-state index in [-0.39, 0.29) is 5.56 Å². The first-order valence-corrected chi connectivity index (χ1v) is 5.64. The van der Waals surface area contributed by atoms with E-state index < -0.39 is 0 Å². The second kappa shape index (κ2) is 4.58. The molecule has 0 aliphatic rings. The van der Waals surface area contributed by atoms with Gasteiger partial charge in [0.25, 0.3) is 5.56 Å². The Labute approximate surface area is 98.7 Å². The topological polar surface area (TPSA) is 37.8 Å². The highest BCUT2D eigenvalue weighted by atomic mass is 35.5. The third-order valence-electron chi connectivity index (χ3n) is 2.39. The third kappa shape index (κ3) is 2.19. The number of benzene rings is 1. The van der Waals surface area contributed by atoms with Gasteiger partial charge in [0.1, 0.15) is 0 Å². The number of nitrogens with zero attached hydrogens (tertiary/aromatic N) is 1. The summed E-state index contributed by atoms with van der Waals surface area (Å²) in [5.74, 6) is 0. The molecular formula is C12H13ClN2O. The number of halogens is 1. The predicted molar refractivity (Wildman–Crippen MR) is 65.8 cm³/mol. The lowest BCUT2D eigenvalue weighted by atomic mass is 10.2. The molecule has 0 unspecified atom stereocenters. The van der Waals surface area contributed by atoms with Gasteiger partial charge >= 0.3 is 0 Å². The number of H-pyrrole nitrogens is 1. The van der Waals surface area contributed by atoms with Crippen molar-refractivity contribution in [2.45, 2.75) is 19.9 Å². The molecule has 0 atom stereocenters. The molecule has 16 heavy (non-hydrogen) atoms. The standard InChI is InChI=1S/C12H13ClN2O/c1-2-7-15-12(16)8-11(14-15)9-3-5-10(13)6-4-9/h3-6,8,14H,2,7H2,1H3. The lowest BCUT2D eigenvalue weighted by Gasteiger charge is -1.99. The molecule has 0 saturated carbocycles. The zero-order valence-corrected chi connectivity index (χ0v) is 9.79. The first-order chi connectivity index (χ1) is 7.70. The summed E-state index contributed by atoms with van der Waals surface area (Å²) >= 11 is 5.81. The fourth-order valence-electron chi connectivity index (χ4n) is 1.60. The summed E-state index contributed by atoms with van der Waals surface area (Å²) < 4.78 is 1.62. The highest BCUT2D eigenvalue weighted by Crippen LogP contribution is 2.18. The Morgan fingerprint density at radius 2 is 2.00 bits per heavy atom. The van der Waals surface area contributed by atoms with Gasteiger partial charge in [0.05, 0.1) is 5.69 Å². The SMILES string of the molecule is CCCn1[nH]c(-c2ccc(Cl)cc2)cc1=O. The number of hydrogen-bond donors (Lipinski definition) is 1. The Hall–Kier alpha value is -1.48. The zero-order chi connectivity index (χ0) is 11.5. The molecular weight excluding hydrogens is 224 g/mol. The maximum Gasteiger partial charge on any atom is 0.267 e. The number of aryl methyl sites for hydroxylation is 1. The van der Waals surface area contributed by atoms with Gasteiger partial charge in [-0.2, -0.15) is 0 Å². The van der Waals surface area contributed by atoms with E-state index in [9.17, 15) is 4.79 Å². The van der Waals surface area contributed by atoms with Crippen molar-refractivity contribution in [3.8, 4) is 11.3 Å². The highest BCUT2D eigenvalue weighted by molar-refractivity contribution is 6.30. The molecule has 0 aliphatic carbocycles. The smallest absolute Gasteiger partial charge is 0.267 e. The first-order valence-electron chi connectivity index (χ1n) is 5.26. The van der Waals surface area contributed by atoms with Gasteiger partial charge in [-0.3, -0.25) is 14.6 Å². The van der Waals surface area contributed by atoms with Gasteiger partial charge in [0.2, 0.25) is 0 Å².